The molecule has 2 N–H and O–H groups in total. The lowest BCUT2D eigenvalue weighted by Gasteiger charge is -2.27. The zero-order valence-corrected chi connectivity index (χ0v) is 14.4. The van der Waals surface area contributed by atoms with Gasteiger partial charge < -0.3 is 15.0 Å². The van der Waals surface area contributed by atoms with Gasteiger partial charge in [0.1, 0.15) is 12.1 Å². The van der Waals surface area contributed by atoms with Gasteiger partial charge in [-0.05, 0) is 24.3 Å². The summed E-state index contributed by atoms with van der Waals surface area (Å²) in [6.07, 6.45) is 2.26. The Morgan fingerprint density at radius 2 is 1.87 bits per heavy atom. The van der Waals surface area contributed by atoms with Gasteiger partial charge >= 0.3 is 5.97 Å². The molecule has 0 aliphatic heterocycles. The van der Waals surface area contributed by atoms with Gasteiger partial charge in [-0.2, -0.15) is 0 Å². The van der Waals surface area contributed by atoms with Crippen LogP contribution >= 0.6 is 0 Å². The van der Waals surface area contributed by atoms with Crippen molar-refractivity contribution in [1.82, 2.24) is 9.88 Å². The van der Waals surface area contributed by atoms with Crippen molar-refractivity contribution in [2.24, 2.45) is 11.8 Å². The van der Waals surface area contributed by atoms with Gasteiger partial charge in [0.2, 0.25) is 5.91 Å². The molecule has 1 aromatic rings. The zero-order chi connectivity index (χ0) is 17.7. The number of nitrogens with one attached hydrogen (secondary N) is 1. The minimum Gasteiger partial charge on any atom is -0.480 e. The Labute approximate surface area is 136 Å². The van der Waals surface area contributed by atoms with E-state index < -0.39 is 24.0 Å². The van der Waals surface area contributed by atoms with Gasteiger partial charge in [0.05, 0.1) is 0 Å². The van der Waals surface area contributed by atoms with Gasteiger partial charge in [-0.25, -0.2) is 4.79 Å². The van der Waals surface area contributed by atoms with Crippen molar-refractivity contribution in [2.75, 3.05) is 0 Å². The summed E-state index contributed by atoms with van der Waals surface area (Å²) in [4.78, 5) is 36.1. The van der Waals surface area contributed by atoms with Crippen LogP contribution in [-0.2, 0) is 9.59 Å². The van der Waals surface area contributed by atoms with Crippen molar-refractivity contribution in [1.29, 1.82) is 0 Å². The highest BCUT2D eigenvalue weighted by Crippen LogP contribution is 2.18. The van der Waals surface area contributed by atoms with Crippen LogP contribution < -0.4 is 10.9 Å². The maximum atomic E-state index is 12.6. The molecule has 3 unspecified atom stereocenters. The van der Waals surface area contributed by atoms with Gasteiger partial charge in [0.25, 0.3) is 5.56 Å². The number of carbonyl (C=O) groups excluding carboxylic acids is 1. The Balaban J connectivity index is 3.15. The van der Waals surface area contributed by atoms with Gasteiger partial charge in [-0.1, -0.05) is 40.2 Å². The quantitative estimate of drug-likeness (QED) is 0.803. The second-order valence-electron chi connectivity index (χ2n) is 6.35. The van der Waals surface area contributed by atoms with Crippen molar-refractivity contribution >= 4 is 11.9 Å². The molecule has 1 aromatic heterocycles. The Bertz CT molecular complexity index is 621. The molecule has 0 fully saturated rings. The summed E-state index contributed by atoms with van der Waals surface area (Å²) < 4.78 is 1.38. The molecule has 0 spiro atoms. The summed E-state index contributed by atoms with van der Waals surface area (Å²) in [6.45, 7) is 9.15. The highest BCUT2D eigenvalue weighted by Gasteiger charge is 2.31. The second kappa shape index (κ2) is 7.94. The zero-order valence-electron chi connectivity index (χ0n) is 14.4. The SMILES string of the molecule is CCC(C)C(NC(=O)C(C(C)C)n1cc(C)ccc1=O)C(=O)O. The van der Waals surface area contributed by atoms with E-state index in [2.05, 4.69) is 5.32 Å². The predicted molar refractivity (Wildman–Crippen MR) is 88.3 cm³/mol. The highest BCUT2D eigenvalue weighted by atomic mass is 16.4. The molecule has 3 atom stereocenters. The normalized spacial score (nSPS) is 15.0. The Morgan fingerprint density at radius 1 is 1.26 bits per heavy atom. The van der Waals surface area contributed by atoms with E-state index in [4.69, 9.17) is 0 Å². The van der Waals surface area contributed by atoms with E-state index in [1.165, 1.54) is 10.6 Å². The van der Waals surface area contributed by atoms with E-state index in [9.17, 15) is 19.5 Å². The van der Waals surface area contributed by atoms with Crippen LogP contribution in [0.25, 0.3) is 0 Å². The van der Waals surface area contributed by atoms with E-state index >= 15 is 0 Å². The van der Waals surface area contributed by atoms with Crippen molar-refractivity contribution in [3.8, 4) is 0 Å². The topological polar surface area (TPSA) is 88.4 Å². The minimum absolute atomic E-state index is 0.152. The third kappa shape index (κ3) is 4.68. The summed E-state index contributed by atoms with van der Waals surface area (Å²) in [5.74, 6) is -1.86. The molecule has 0 aliphatic rings. The number of nitrogens with zero attached hydrogens (tertiary/aromatic N) is 1. The molecule has 0 saturated heterocycles. The third-order valence-electron chi connectivity index (χ3n) is 4.06. The van der Waals surface area contributed by atoms with Crippen molar-refractivity contribution in [3.63, 3.8) is 0 Å². The molecular weight excluding hydrogens is 296 g/mol. The van der Waals surface area contributed by atoms with E-state index in [0.29, 0.717) is 6.42 Å². The van der Waals surface area contributed by atoms with Crippen LogP contribution in [-0.4, -0.2) is 27.6 Å². The molecule has 1 amide bonds. The molecule has 0 aliphatic carbocycles. The van der Waals surface area contributed by atoms with Gasteiger partial charge in [-0.15, -0.1) is 0 Å². The second-order valence-corrected chi connectivity index (χ2v) is 6.35. The third-order valence-corrected chi connectivity index (χ3v) is 4.06. The smallest absolute Gasteiger partial charge is 0.326 e. The highest BCUT2D eigenvalue weighted by molar-refractivity contribution is 5.86. The van der Waals surface area contributed by atoms with Gasteiger partial charge in [-0.3, -0.25) is 9.59 Å². The average molecular weight is 322 g/mol. The summed E-state index contributed by atoms with van der Waals surface area (Å²) in [7, 11) is 0. The summed E-state index contributed by atoms with van der Waals surface area (Å²) in [5, 5.41) is 11.9. The Morgan fingerprint density at radius 3 is 2.35 bits per heavy atom. The number of hydrogen-bond donors (Lipinski definition) is 2. The molecule has 23 heavy (non-hydrogen) atoms. The number of carboxylic acids is 1. The first-order valence-electron chi connectivity index (χ1n) is 7.91. The number of aryl methyl sites for hydroxylation is 1. The summed E-state index contributed by atoms with van der Waals surface area (Å²) in [6, 6.07) is 1.40. The average Bonchev–Trinajstić information content (AvgIpc) is 2.47. The first kappa shape index (κ1) is 18.9. The first-order valence-corrected chi connectivity index (χ1v) is 7.91. The number of amides is 1. The summed E-state index contributed by atoms with van der Waals surface area (Å²) >= 11 is 0. The Kier molecular flexibility index (Phi) is 6.54. The van der Waals surface area contributed by atoms with Crippen LogP contribution in [0.3, 0.4) is 0 Å². The van der Waals surface area contributed by atoms with Crippen molar-refractivity contribution in [3.05, 3.63) is 34.2 Å². The number of aromatic nitrogens is 1. The fourth-order valence-corrected chi connectivity index (χ4v) is 2.50. The molecule has 0 aromatic carbocycles. The van der Waals surface area contributed by atoms with Gasteiger partial charge in [0, 0.05) is 12.3 Å². The van der Waals surface area contributed by atoms with E-state index in [1.807, 2.05) is 27.7 Å². The predicted octanol–water partition coefficient (Wildman–Crippen LogP) is 1.97. The number of hydrogen-bond acceptors (Lipinski definition) is 3. The molecule has 128 valence electrons. The fourth-order valence-electron chi connectivity index (χ4n) is 2.50. The van der Waals surface area contributed by atoms with Crippen molar-refractivity contribution in [2.45, 2.75) is 53.1 Å². The molecule has 1 rings (SSSR count). The lowest BCUT2D eigenvalue weighted by atomic mass is 9.97. The minimum atomic E-state index is -1.06. The maximum absolute atomic E-state index is 12.6. The van der Waals surface area contributed by atoms with Crippen LogP contribution in [0, 0.1) is 18.8 Å². The molecule has 6 heteroatoms. The molecule has 0 bridgehead atoms. The van der Waals surface area contributed by atoms with Gasteiger partial charge in [0.15, 0.2) is 0 Å². The van der Waals surface area contributed by atoms with E-state index in [1.54, 1.807) is 19.2 Å². The van der Waals surface area contributed by atoms with E-state index in [-0.39, 0.29) is 17.4 Å². The first-order chi connectivity index (χ1) is 10.7. The lowest BCUT2D eigenvalue weighted by Crippen LogP contribution is -2.49. The monoisotopic (exact) mass is 322 g/mol. The van der Waals surface area contributed by atoms with Crippen LogP contribution in [0.15, 0.2) is 23.1 Å². The lowest BCUT2D eigenvalue weighted by molar-refractivity contribution is -0.144. The standard InChI is InChI=1S/C17H26N2O4/c1-6-12(5)14(17(22)23)18-16(21)15(10(2)3)19-9-11(4)7-8-13(19)20/h7-10,12,14-15H,6H2,1-5H3,(H,18,21)(H,22,23). The number of rotatable bonds is 7. The van der Waals surface area contributed by atoms with E-state index in [0.717, 1.165) is 5.56 Å². The molecule has 1 heterocycles. The number of pyridine rings is 1. The molecular formula is C17H26N2O4. The molecule has 6 nitrogen and oxygen atoms in total. The number of aliphatic carboxylic acids is 1. The van der Waals surface area contributed by atoms with Crippen LogP contribution in [0.4, 0.5) is 0 Å². The fraction of sp³-hybridized carbons (Fsp3) is 0.588. The van der Waals surface area contributed by atoms with Crippen LogP contribution in [0.5, 0.6) is 0 Å². The Hall–Kier alpha value is -2.11. The number of carbonyl (C=O) groups is 2. The van der Waals surface area contributed by atoms with Crippen LogP contribution in [0.2, 0.25) is 0 Å². The maximum Gasteiger partial charge on any atom is 0.326 e. The number of carboxylic acid groups (broad SMARTS) is 1. The largest absolute Gasteiger partial charge is 0.480 e. The van der Waals surface area contributed by atoms with Crippen LogP contribution in [0.1, 0.15) is 45.7 Å². The summed E-state index contributed by atoms with van der Waals surface area (Å²) in [5.41, 5.74) is 0.583. The van der Waals surface area contributed by atoms with Crippen molar-refractivity contribution < 1.29 is 14.7 Å². The molecule has 0 radical (unpaired) electrons. The molecule has 0 saturated carbocycles.